The van der Waals surface area contributed by atoms with Gasteiger partial charge in [0.25, 0.3) is 0 Å². The van der Waals surface area contributed by atoms with Crippen molar-refractivity contribution >= 4 is 33.5 Å². The monoisotopic (exact) mass is 350 g/mol. The van der Waals surface area contributed by atoms with Gasteiger partial charge in [-0.15, -0.1) is 0 Å². The number of oxime groups is 1. The van der Waals surface area contributed by atoms with Gasteiger partial charge in [-0.3, -0.25) is 0 Å². The molecule has 0 heterocycles. The molecule has 104 valence electrons. The van der Waals surface area contributed by atoms with Crippen molar-refractivity contribution in [2.75, 3.05) is 0 Å². The molecule has 0 spiro atoms. The van der Waals surface area contributed by atoms with Crippen LogP contribution in [0, 0.1) is 13.8 Å². The summed E-state index contributed by atoms with van der Waals surface area (Å²) in [7, 11) is 0. The number of amidine groups is 1. The molecule has 0 amide bonds. The molecule has 0 aromatic heterocycles. The molecule has 2 rings (SSSR count). The Bertz CT molecular complexity index is 671. The molecule has 0 bridgehead atoms. The van der Waals surface area contributed by atoms with Gasteiger partial charge in [0.2, 0.25) is 0 Å². The summed E-state index contributed by atoms with van der Waals surface area (Å²) in [6.45, 7) is 4.14. The molecule has 0 unspecified atom stereocenters. The zero-order valence-electron chi connectivity index (χ0n) is 11.2. The lowest BCUT2D eigenvalue weighted by Gasteiger charge is -2.11. The Labute approximate surface area is 131 Å². The van der Waals surface area contributed by atoms with E-state index >= 15 is 0 Å². The van der Waals surface area contributed by atoms with Crippen LogP contribution in [-0.2, 0) is 0 Å². The lowest BCUT2D eigenvalue weighted by atomic mass is 10.2. The zero-order chi connectivity index (χ0) is 14.7. The molecule has 0 saturated carbocycles. The van der Waals surface area contributed by atoms with Gasteiger partial charge >= 0.3 is 0 Å². The third-order valence-corrected chi connectivity index (χ3v) is 4.62. The van der Waals surface area contributed by atoms with Crippen molar-refractivity contribution in [3.05, 3.63) is 57.6 Å². The van der Waals surface area contributed by atoms with Crippen molar-refractivity contribution in [1.82, 2.24) is 0 Å². The van der Waals surface area contributed by atoms with Crippen LogP contribution in [-0.4, -0.2) is 11.0 Å². The molecule has 20 heavy (non-hydrogen) atoms. The summed E-state index contributed by atoms with van der Waals surface area (Å²) >= 11 is 5.02. The van der Waals surface area contributed by atoms with Crippen molar-refractivity contribution < 1.29 is 5.21 Å². The van der Waals surface area contributed by atoms with Crippen molar-refractivity contribution in [2.24, 2.45) is 10.9 Å². The molecular weight excluding hydrogens is 336 g/mol. The molecular formula is C15H15BrN2OS. The molecule has 3 N–H and O–H groups in total. The van der Waals surface area contributed by atoms with Crippen LogP contribution in [0.2, 0.25) is 0 Å². The minimum atomic E-state index is 0.110. The molecule has 0 fully saturated rings. The van der Waals surface area contributed by atoms with E-state index < -0.39 is 0 Å². The van der Waals surface area contributed by atoms with Gasteiger partial charge in [0.1, 0.15) is 0 Å². The van der Waals surface area contributed by atoms with Gasteiger partial charge in [0.15, 0.2) is 5.84 Å². The first-order valence-electron chi connectivity index (χ1n) is 6.04. The normalized spacial score (nSPS) is 11.7. The number of rotatable bonds is 3. The third kappa shape index (κ3) is 3.35. The number of hydrogen-bond acceptors (Lipinski definition) is 3. The van der Waals surface area contributed by atoms with Crippen LogP contribution in [0.15, 0.2) is 55.8 Å². The third-order valence-electron chi connectivity index (χ3n) is 2.89. The first kappa shape index (κ1) is 14.9. The van der Waals surface area contributed by atoms with Crippen LogP contribution < -0.4 is 5.73 Å². The molecule has 0 aliphatic heterocycles. The topological polar surface area (TPSA) is 58.6 Å². The molecule has 0 saturated heterocycles. The maximum atomic E-state index is 8.91. The van der Waals surface area contributed by atoms with E-state index in [9.17, 15) is 0 Å². The van der Waals surface area contributed by atoms with Crippen LogP contribution >= 0.6 is 27.7 Å². The van der Waals surface area contributed by atoms with Crippen LogP contribution in [0.25, 0.3) is 0 Å². The molecule has 0 aliphatic carbocycles. The Balaban J connectivity index is 2.46. The molecule has 2 aromatic rings. The molecule has 0 aliphatic rings. The van der Waals surface area contributed by atoms with E-state index in [0.29, 0.717) is 5.56 Å². The average molecular weight is 351 g/mol. The van der Waals surface area contributed by atoms with Gasteiger partial charge in [-0.1, -0.05) is 45.0 Å². The van der Waals surface area contributed by atoms with Gasteiger partial charge in [0.05, 0.1) is 0 Å². The van der Waals surface area contributed by atoms with Crippen molar-refractivity contribution in [3.8, 4) is 0 Å². The highest BCUT2D eigenvalue weighted by molar-refractivity contribution is 9.10. The second kappa shape index (κ2) is 6.33. The van der Waals surface area contributed by atoms with Gasteiger partial charge in [-0.25, -0.2) is 0 Å². The van der Waals surface area contributed by atoms with Gasteiger partial charge in [-0.2, -0.15) is 0 Å². The predicted octanol–water partition coefficient (Wildman–Crippen LogP) is 4.31. The lowest BCUT2D eigenvalue weighted by Crippen LogP contribution is -2.14. The maximum absolute atomic E-state index is 8.91. The molecule has 5 heteroatoms. The highest BCUT2D eigenvalue weighted by Gasteiger charge is 2.11. The summed E-state index contributed by atoms with van der Waals surface area (Å²) in [5.41, 5.74) is 8.88. The first-order valence-corrected chi connectivity index (χ1v) is 7.65. The quantitative estimate of drug-likeness (QED) is 0.375. The highest BCUT2D eigenvalue weighted by Crippen LogP contribution is 2.34. The summed E-state index contributed by atoms with van der Waals surface area (Å²) in [5, 5.41) is 12.0. The fourth-order valence-corrected chi connectivity index (χ4v) is 3.26. The molecule has 0 radical (unpaired) electrons. The van der Waals surface area contributed by atoms with Gasteiger partial charge in [-0.05, 0) is 49.2 Å². The number of aryl methyl sites for hydroxylation is 2. The Hall–Kier alpha value is -1.46. The fourth-order valence-electron chi connectivity index (χ4n) is 1.78. The number of nitrogens with zero attached hydrogens (tertiary/aromatic N) is 1. The minimum absolute atomic E-state index is 0.110. The van der Waals surface area contributed by atoms with Crippen LogP contribution in [0.5, 0.6) is 0 Å². The van der Waals surface area contributed by atoms with Crippen molar-refractivity contribution in [3.63, 3.8) is 0 Å². The van der Waals surface area contributed by atoms with E-state index in [1.807, 2.05) is 18.2 Å². The van der Waals surface area contributed by atoms with E-state index in [-0.39, 0.29) is 5.84 Å². The van der Waals surface area contributed by atoms with Crippen molar-refractivity contribution in [2.45, 2.75) is 23.6 Å². The van der Waals surface area contributed by atoms with E-state index in [0.717, 1.165) is 9.37 Å². The first-order chi connectivity index (χ1) is 9.51. The average Bonchev–Trinajstić information content (AvgIpc) is 2.43. The predicted molar refractivity (Wildman–Crippen MR) is 86.7 cm³/mol. The smallest absolute Gasteiger partial charge is 0.171 e. The van der Waals surface area contributed by atoms with Crippen LogP contribution in [0.3, 0.4) is 0 Å². The summed E-state index contributed by atoms with van der Waals surface area (Å²) < 4.78 is 0.893. The number of hydrogen-bond donors (Lipinski definition) is 2. The summed E-state index contributed by atoms with van der Waals surface area (Å²) in [6.07, 6.45) is 0. The lowest BCUT2D eigenvalue weighted by molar-refractivity contribution is 0.318. The molecule has 2 aromatic carbocycles. The van der Waals surface area contributed by atoms with Gasteiger partial charge in [0, 0.05) is 19.8 Å². The van der Waals surface area contributed by atoms with E-state index in [1.54, 1.807) is 11.8 Å². The Kier molecular flexibility index (Phi) is 4.73. The summed E-state index contributed by atoms with van der Waals surface area (Å²) in [5.74, 6) is 0.110. The fraction of sp³-hybridized carbons (Fsp3) is 0.133. The van der Waals surface area contributed by atoms with E-state index in [2.05, 4.69) is 53.1 Å². The minimum Gasteiger partial charge on any atom is -0.409 e. The second-order valence-electron chi connectivity index (χ2n) is 4.50. The Morgan fingerprint density at radius 1 is 1.15 bits per heavy atom. The number of halogens is 1. The number of nitrogens with two attached hydrogens (primary N) is 1. The van der Waals surface area contributed by atoms with Crippen molar-refractivity contribution in [1.29, 1.82) is 0 Å². The standard InChI is InChI=1S/C15H15BrN2OS/c1-9-3-4-10(2)14(7-9)20-13-6-5-11(16)8-12(13)15(17)18-19/h3-8,19H,1-2H3,(H2,17,18). The van der Waals surface area contributed by atoms with Gasteiger partial charge < -0.3 is 10.9 Å². The Morgan fingerprint density at radius 3 is 2.60 bits per heavy atom. The van der Waals surface area contributed by atoms with Crippen LogP contribution in [0.1, 0.15) is 16.7 Å². The van der Waals surface area contributed by atoms with Crippen LogP contribution in [0.4, 0.5) is 0 Å². The maximum Gasteiger partial charge on any atom is 0.171 e. The molecule has 3 nitrogen and oxygen atoms in total. The Morgan fingerprint density at radius 2 is 1.90 bits per heavy atom. The SMILES string of the molecule is Cc1ccc(C)c(Sc2ccc(Br)cc2/C(N)=N/O)c1. The van der Waals surface area contributed by atoms with E-state index in [4.69, 9.17) is 10.9 Å². The zero-order valence-corrected chi connectivity index (χ0v) is 13.6. The molecule has 0 atom stereocenters. The number of benzene rings is 2. The summed E-state index contributed by atoms with van der Waals surface area (Å²) in [6, 6.07) is 12.1. The largest absolute Gasteiger partial charge is 0.409 e. The summed E-state index contributed by atoms with van der Waals surface area (Å²) in [4.78, 5) is 2.12. The second-order valence-corrected chi connectivity index (χ2v) is 6.50. The van der Waals surface area contributed by atoms with E-state index in [1.165, 1.54) is 16.0 Å². The highest BCUT2D eigenvalue weighted by atomic mass is 79.9.